The van der Waals surface area contributed by atoms with Crippen LogP contribution in [-0.2, 0) is 16.0 Å². The topological polar surface area (TPSA) is 69.7 Å². The van der Waals surface area contributed by atoms with E-state index in [1.54, 1.807) is 11.0 Å². The largest absolute Gasteiger partial charge is 0.327 e. The van der Waals surface area contributed by atoms with Gasteiger partial charge in [-0.25, -0.2) is 4.79 Å². The number of hydrogen-bond acceptors (Lipinski definition) is 3. The molecule has 0 atom stereocenters. The summed E-state index contributed by atoms with van der Waals surface area (Å²) in [5, 5.41) is 2.74. The van der Waals surface area contributed by atoms with Crippen molar-refractivity contribution in [2.45, 2.75) is 32.2 Å². The molecule has 0 radical (unpaired) electrons. The molecule has 4 amide bonds. The SMILES string of the molecule is CCc1cccc(NC(=O)CN2C(=O)CN(C3CC3)C2=O)c1. The summed E-state index contributed by atoms with van der Waals surface area (Å²) in [6.07, 6.45) is 2.77. The van der Waals surface area contributed by atoms with Crippen molar-refractivity contribution in [1.29, 1.82) is 0 Å². The number of carbonyl (C=O) groups is 3. The number of hydrogen-bond donors (Lipinski definition) is 1. The monoisotopic (exact) mass is 301 g/mol. The molecule has 2 aliphatic rings. The zero-order chi connectivity index (χ0) is 15.7. The molecule has 1 aliphatic heterocycles. The molecule has 1 aliphatic carbocycles. The van der Waals surface area contributed by atoms with Crippen molar-refractivity contribution in [2.24, 2.45) is 0 Å². The predicted octanol–water partition coefficient (Wildman–Crippen LogP) is 1.61. The minimum atomic E-state index is -0.354. The van der Waals surface area contributed by atoms with Crippen LogP contribution in [0.4, 0.5) is 10.5 Å². The second-order valence-electron chi connectivity index (χ2n) is 5.72. The van der Waals surface area contributed by atoms with E-state index in [2.05, 4.69) is 5.32 Å². The Morgan fingerprint density at radius 2 is 2.09 bits per heavy atom. The van der Waals surface area contributed by atoms with Gasteiger partial charge in [-0.1, -0.05) is 19.1 Å². The summed E-state index contributed by atoms with van der Waals surface area (Å²) < 4.78 is 0. The highest BCUT2D eigenvalue weighted by Crippen LogP contribution is 2.30. The van der Waals surface area contributed by atoms with Crippen LogP contribution in [0, 0.1) is 0 Å². The van der Waals surface area contributed by atoms with E-state index >= 15 is 0 Å². The van der Waals surface area contributed by atoms with Gasteiger partial charge in [0.05, 0.1) is 0 Å². The van der Waals surface area contributed by atoms with Crippen molar-refractivity contribution in [1.82, 2.24) is 9.80 Å². The van der Waals surface area contributed by atoms with E-state index in [1.165, 1.54) is 0 Å². The van der Waals surface area contributed by atoms with Crippen LogP contribution in [-0.4, -0.2) is 46.8 Å². The first-order chi connectivity index (χ1) is 10.6. The first kappa shape index (κ1) is 14.6. The number of nitrogens with zero attached hydrogens (tertiary/aromatic N) is 2. The second-order valence-corrected chi connectivity index (χ2v) is 5.72. The van der Waals surface area contributed by atoms with Gasteiger partial charge in [-0.05, 0) is 37.0 Å². The number of urea groups is 1. The van der Waals surface area contributed by atoms with Gasteiger partial charge in [0.2, 0.25) is 5.91 Å². The van der Waals surface area contributed by atoms with E-state index in [0.29, 0.717) is 5.69 Å². The van der Waals surface area contributed by atoms with Crippen LogP contribution in [0.1, 0.15) is 25.3 Å². The molecule has 1 N–H and O–H groups in total. The maximum atomic E-state index is 12.1. The Bertz CT molecular complexity index is 625. The van der Waals surface area contributed by atoms with E-state index < -0.39 is 0 Å². The van der Waals surface area contributed by atoms with E-state index in [4.69, 9.17) is 0 Å². The van der Waals surface area contributed by atoms with Crippen LogP contribution in [0.3, 0.4) is 0 Å². The molecule has 1 saturated heterocycles. The third kappa shape index (κ3) is 2.95. The van der Waals surface area contributed by atoms with E-state index in [0.717, 1.165) is 29.7 Å². The second kappa shape index (κ2) is 5.79. The Morgan fingerprint density at radius 1 is 1.32 bits per heavy atom. The summed E-state index contributed by atoms with van der Waals surface area (Å²) in [4.78, 5) is 38.7. The number of amides is 4. The lowest BCUT2D eigenvalue weighted by Crippen LogP contribution is -2.39. The molecule has 0 unspecified atom stereocenters. The van der Waals surface area contributed by atoms with Gasteiger partial charge in [-0.15, -0.1) is 0 Å². The number of nitrogens with one attached hydrogen (secondary N) is 1. The Morgan fingerprint density at radius 3 is 2.77 bits per heavy atom. The standard InChI is InChI=1S/C16H19N3O3/c1-2-11-4-3-5-12(8-11)17-14(20)9-19-15(21)10-18(16(19)22)13-6-7-13/h3-5,8,13H,2,6-7,9-10H2,1H3,(H,17,20). The van der Waals surface area contributed by atoms with Crippen molar-refractivity contribution >= 4 is 23.5 Å². The molecule has 116 valence electrons. The van der Waals surface area contributed by atoms with Gasteiger partial charge in [0, 0.05) is 11.7 Å². The van der Waals surface area contributed by atoms with Crippen LogP contribution in [0.25, 0.3) is 0 Å². The lowest BCUT2D eigenvalue weighted by atomic mass is 10.1. The van der Waals surface area contributed by atoms with Crippen molar-refractivity contribution in [3.8, 4) is 0 Å². The summed E-state index contributed by atoms with van der Waals surface area (Å²) >= 11 is 0. The van der Waals surface area contributed by atoms with Gasteiger partial charge in [-0.3, -0.25) is 14.5 Å². The van der Waals surface area contributed by atoms with Gasteiger partial charge in [0.15, 0.2) is 0 Å². The summed E-state index contributed by atoms with van der Waals surface area (Å²) in [6, 6.07) is 7.38. The molecule has 2 fully saturated rings. The Hall–Kier alpha value is -2.37. The Kier molecular flexibility index (Phi) is 3.83. The van der Waals surface area contributed by atoms with Crippen molar-refractivity contribution in [3.63, 3.8) is 0 Å². The Balaban J connectivity index is 1.61. The maximum Gasteiger partial charge on any atom is 0.327 e. The molecular weight excluding hydrogens is 282 g/mol. The summed E-state index contributed by atoms with van der Waals surface area (Å²) in [6.45, 7) is 1.91. The first-order valence-corrected chi connectivity index (χ1v) is 7.58. The highest BCUT2D eigenvalue weighted by atomic mass is 16.2. The van der Waals surface area contributed by atoms with Gasteiger partial charge in [-0.2, -0.15) is 0 Å². The van der Waals surface area contributed by atoms with Crippen molar-refractivity contribution < 1.29 is 14.4 Å². The van der Waals surface area contributed by atoms with Crippen LogP contribution in [0.15, 0.2) is 24.3 Å². The van der Waals surface area contributed by atoms with Crippen molar-refractivity contribution in [2.75, 3.05) is 18.4 Å². The minimum absolute atomic E-state index is 0.0993. The van der Waals surface area contributed by atoms with Crippen LogP contribution in [0.5, 0.6) is 0 Å². The molecule has 0 spiro atoms. The molecule has 3 rings (SSSR count). The predicted molar refractivity (Wildman–Crippen MR) is 81.3 cm³/mol. The molecule has 1 heterocycles. The maximum absolute atomic E-state index is 12.1. The van der Waals surface area contributed by atoms with Crippen molar-refractivity contribution in [3.05, 3.63) is 29.8 Å². The van der Waals surface area contributed by atoms with Crippen LogP contribution in [0.2, 0.25) is 0 Å². The smallest absolute Gasteiger partial charge is 0.325 e. The zero-order valence-electron chi connectivity index (χ0n) is 12.5. The molecule has 0 bridgehead atoms. The lowest BCUT2D eigenvalue weighted by Gasteiger charge is -2.16. The third-order valence-corrected chi connectivity index (χ3v) is 3.99. The highest BCUT2D eigenvalue weighted by Gasteiger charge is 2.44. The van der Waals surface area contributed by atoms with E-state index in [-0.39, 0.29) is 37.0 Å². The van der Waals surface area contributed by atoms with Crippen LogP contribution >= 0.6 is 0 Å². The number of rotatable bonds is 5. The first-order valence-electron chi connectivity index (χ1n) is 7.58. The fourth-order valence-electron chi connectivity index (χ4n) is 2.60. The van der Waals surface area contributed by atoms with Crippen LogP contribution < -0.4 is 5.32 Å². The third-order valence-electron chi connectivity index (χ3n) is 3.99. The minimum Gasteiger partial charge on any atom is -0.325 e. The van der Waals surface area contributed by atoms with E-state index in [9.17, 15) is 14.4 Å². The quantitative estimate of drug-likeness (QED) is 0.840. The molecular formula is C16H19N3O3. The molecule has 1 saturated carbocycles. The summed E-state index contributed by atoms with van der Waals surface area (Å²) in [5.41, 5.74) is 1.80. The molecule has 6 heteroatoms. The average molecular weight is 301 g/mol. The molecule has 1 aromatic rings. The summed E-state index contributed by atoms with van der Waals surface area (Å²) in [5.74, 6) is -0.651. The fraction of sp³-hybridized carbons (Fsp3) is 0.438. The normalized spacial score (nSPS) is 18.0. The average Bonchev–Trinajstić information content (AvgIpc) is 3.30. The molecule has 1 aromatic carbocycles. The number of imide groups is 1. The number of carbonyl (C=O) groups excluding carboxylic acids is 3. The molecule has 6 nitrogen and oxygen atoms in total. The number of anilines is 1. The van der Waals surface area contributed by atoms with E-state index in [1.807, 2.05) is 25.1 Å². The number of benzene rings is 1. The van der Waals surface area contributed by atoms with Gasteiger partial charge in [0.25, 0.3) is 5.91 Å². The van der Waals surface area contributed by atoms with Gasteiger partial charge >= 0.3 is 6.03 Å². The van der Waals surface area contributed by atoms with Gasteiger partial charge in [0.1, 0.15) is 13.1 Å². The molecule has 22 heavy (non-hydrogen) atoms. The highest BCUT2D eigenvalue weighted by molar-refractivity contribution is 6.06. The summed E-state index contributed by atoms with van der Waals surface area (Å²) in [7, 11) is 0. The molecule has 0 aromatic heterocycles. The fourth-order valence-corrected chi connectivity index (χ4v) is 2.60. The Labute approximate surface area is 129 Å². The van der Waals surface area contributed by atoms with Gasteiger partial charge < -0.3 is 10.2 Å². The number of aryl methyl sites for hydroxylation is 1. The zero-order valence-corrected chi connectivity index (χ0v) is 12.5. The lowest BCUT2D eigenvalue weighted by molar-refractivity contribution is -0.129.